The Labute approximate surface area is 166 Å². The Morgan fingerprint density at radius 3 is 2.38 bits per heavy atom. The average Bonchev–Trinajstić information content (AvgIpc) is 2.55. The lowest BCUT2D eigenvalue weighted by molar-refractivity contribution is -0.0140. The van der Waals surface area contributed by atoms with Gasteiger partial charge >= 0.3 is 6.09 Å². The molecule has 1 aliphatic heterocycles. The second kappa shape index (κ2) is 8.81. The van der Waals surface area contributed by atoms with E-state index >= 15 is 0 Å². The first-order valence-corrected chi connectivity index (χ1v) is 9.89. The molecule has 0 unspecified atom stereocenters. The number of carbonyl (C=O) groups is 1. The van der Waals surface area contributed by atoms with E-state index in [1.54, 1.807) is 4.90 Å². The number of rotatable bonds is 5. The van der Waals surface area contributed by atoms with E-state index in [4.69, 9.17) is 32.7 Å². The summed E-state index contributed by atoms with van der Waals surface area (Å²) in [7, 11) is 0. The van der Waals surface area contributed by atoms with Crippen LogP contribution in [0.1, 0.15) is 46.1 Å². The number of hydrogen-bond acceptors (Lipinski definition) is 3. The third-order valence-corrected chi connectivity index (χ3v) is 5.39. The maximum atomic E-state index is 12.3. The van der Waals surface area contributed by atoms with Gasteiger partial charge in [0.15, 0.2) is 0 Å². The topological polar surface area (TPSA) is 38.8 Å². The van der Waals surface area contributed by atoms with Crippen LogP contribution in [0.15, 0.2) is 18.2 Å². The number of hydrogen-bond donors (Lipinski definition) is 0. The number of carbonyl (C=O) groups excluding carboxylic acids is 1. The first kappa shape index (κ1) is 21.3. The highest BCUT2D eigenvalue weighted by Gasteiger charge is 2.37. The van der Waals surface area contributed by atoms with Gasteiger partial charge in [0, 0.05) is 25.1 Å². The molecule has 0 saturated carbocycles. The van der Waals surface area contributed by atoms with Crippen molar-refractivity contribution in [2.24, 2.45) is 5.41 Å². The zero-order chi connectivity index (χ0) is 19.4. The van der Waals surface area contributed by atoms with Gasteiger partial charge < -0.3 is 14.4 Å². The van der Waals surface area contributed by atoms with Gasteiger partial charge in [0.25, 0.3) is 0 Å². The maximum absolute atomic E-state index is 12.3. The molecule has 0 bridgehead atoms. The molecule has 4 nitrogen and oxygen atoms in total. The summed E-state index contributed by atoms with van der Waals surface area (Å²) in [4.78, 5) is 14.1. The van der Waals surface area contributed by atoms with E-state index in [1.165, 1.54) is 0 Å². The lowest BCUT2D eigenvalue weighted by Crippen LogP contribution is -2.47. The van der Waals surface area contributed by atoms with Gasteiger partial charge in [0.1, 0.15) is 5.60 Å². The third-order valence-electron chi connectivity index (χ3n) is 4.65. The molecule has 1 saturated heterocycles. The van der Waals surface area contributed by atoms with Crippen LogP contribution in [0.2, 0.25) is 10.0 Å². The van der Waals surface area contributed by atoms with Gasteiger partial charge in [-0.05, 0) is 64.7 Å². The minimum absolute atomic E-state index is 0.00825. The fourth-order valence-electron chi connectivity index (χ4n) is 3.26. The molecule has 0 aliphatic carbocycles. The van der Waals surface area contributed by atoms with E-state index in [9.17, 15) is 4.79 Å². The first-order chi connectivity index (χ1) is 12.1. The van der Waals surface area contributed by atoms with Crippen LogP contribution in [0.4, 0.5) is 4.79 Å². The summed E-state index contributed by atoms with van der Waals surface area (Å²) >= 11 is 12.2. The highest BCUT2D eigenvalue weighted by Crippen LogP contribution is 2.37. The molecule has 2 rings (SSSR count). The van der Waals surface area contributed by atoms with Gasteiger partial charge in [-0.1, -0.05) is 29.3 Å². The van der Waals surface area contributed by atoms with Crippen LogP contribution in [0.5, 0.6) is 0 Å². The molecule has 0 atom stereocenters. The molecule has 1 aliphatic rings. The molecule has 26 heavy (non-hydrogen) atoms. The summed E-state index contributed by atoms with van der Waals surface area (Å²) in [6.45, 7) is 10.4. The predicted octanol–water partition coefficient (Wildman–Crippen LogP) is 5.59. The highest BCUT2D eigenvalue weighted by molar-refractivity contribution is 6.42. The fourth-order valence-corrected chi connectivity index (χ4v) is 3.58. The van der Waals surface area contributed by atoms with E-state index in [2.05, 4.69) is 0 Å². The number of piperidine rings is 1. The van der Waals surface area contributed by atoms with Gasteiger partial charge in [-0.2, -0.15) is 0 Å². The lowest BCUT2D eigenvalue weighted by atomic mass is 9.74. The van der Waals surface area contributed by atoms with Gasteiger partial charge in [-0.3, -0.25) is 0 Å². The molecule has 0 radical (unpaired) electrons. The molecular formula is C20H29Cl2NO3. The van der Waals surface area contributed by atoms with Crippen molar-refractivity contribution >= 4 is 29.3 Å². The quantitative estimate of drug-likeness (QED) is 0.645. The highest BCUT2D eigenvalue weighted by atomic mass is 35.5. The van der Waals surface area contributed by atoms with Crippen LogP contribution in [-0.2, 0) is 15.9 Å². The third kappa shape index (κ3) is 6.04. The molecule has 0 spiro atoms. The van der Waals surface area contributed by atoms with Gasteiger partial charge in [-0.15, -0.1) is 0 Å². The molecule has 1 heterocycles. The lowest BCUT2D eigenvalue weighted by Gasteiger charge is -2.42. The van der Waals surface area contributed by atoms with Crippen LogP contribution in [0.25, 0.3) is 0 Å². The summed E-state index contributed by atoms with van der Waals surface area (Å²) in [5.74, 6) is 0. The number of likely N-dealkylation sites (tertiary alicyclic amines) is 1. The minimum Gasteiger partial charge on any atom is -0.444 e. The van der Waals surface area contributed by atoms with Gasteiger partial charge in [0.05, 0.1) is 16.7 Å². The minimum atomic E-state index is -0.475. The molecule has 1 fully saturated rings. The van der Waals surface area contributed by atoms with Crippen molar-refractivity contribution in [3.63, 3.8) is 0 Å². The van der Waals surface area contributed by atoms with Crippen molar-refractivity contribution in [1.29, 1.82) is 0 Å². The molecule has 0 aromatic heterocycles. The normalized spacial score (nSPS) is 17.2. The predicted molar refractivity (Wildman–Crippen MR) is 106 cm³/mol. The Bertz CT molecular complexity index is 620. The van der Waals surface area contributed by atoms with Crippen LogP contribution in [0, 0.1) is 5.41 Å². The molecule has 6 heteroatoms. The van der Waals surface area contributed by atoms with Crippen molar-refractivity contribution < 1.29 is 14.3 Å². The molecule has 1 aromatic rings. The Morgan fingerprint density at radius 2 is 1.85 bits per heavy atom. The molecule has 1 aromatic carbocycles. The average molecular weight is 402 g/mol. The van der Waals surface area contributed by atoms with Crippen LogP contribution >= 0.6 is 23.2 Å². The van der Waals surface area contributed by atoms with E-state index < -0.39 is 5.60 Å². The standard InChI is InChI=1S/C20H29Cl2NO3/c1-5-25-14-20(13-15-6-7-16(21)17(22)12-15)8-10-23(11-9-20)18(24)26-19(2,3)4/h6-7,12H,5,8-11,13-14H2,1-4H3. The van der Waals surface area contributed by atoms with Crippen LogP contribution < -0.4 is 0 Å². The first-order valence-electron chi connectivity index (χ1n) is 9.14. The fraction of sp³-hybridized carbons (Fsp3) is 0.650. The molecular weight excluding hydrogens is 373 g/mol. The Kier molecular flexibility index (Phi) is 7.23. The molecule has 146 valence electrons. The number of amides is 1. The van der Waals surface area contributed by atoms with Crippen molar-refractivity contribution in [3.05, 3.63) is 33.8 Å². The smallest absolute Gasteiger partial charge is 0.410 e. The zero-order valence-electron chi connectivity index (χ0n) is 16.1. The van der Waals surface area contributed by atoms with Crippen molar-refractivity contribution in [1.82, 2.24) is 4.90 Å². The Hall–Kier alpha value is -0.970. The number of nitrogens with zero attached hydrogens (tertiary/aromatic N) is 1. The number of benzene rings is 1. The van der Waals surface area contributed by atoms with Crippen molar-refractivity contribution in [2.45, 2.75) is 52.6 Å². The van der Waals surface area contributed by atoms with E-state index in [0.717, 1.165) is 24.8 Å². The van der Waals surface area contributed by atoms with E-state index in [-0.39, 0.29) is 11.5 Å². The zero-order valence-corrected chi connectivity index (χ0v) is 17.6. The van der Waals surface area contributed by atoms with Crippen molar-refractivity contribution in [3.8, 4) is 0 Å². The van der Waals surface area contributed by atoms with Crippen LogP contribution in [0.3, 0.4) is 0 Å². The van der Waals surface area contributed by atoms with Gasteiger partial charge in [-0.25, -0.2) is 4.79 Å². The summed E-state index contributed by atoms with van der Waals surface area (Å²) in [5.41, 5.74) is 0.660. The maximum Gasteiger partial charge on any atom is 0.410 e. The second-order valence-electron chi connectivity index (χ2n) is 8.03. The van der Waals surface area contributed by atoms with Crippen molar-refractivity contribution in [2.75, 3.05) is 26.3 Å². The largest absolute Gasteiger partial charge is 0.444 e. The number of halogens is 2. The molecule has 1 amide bonds. The summed E-state index contributed by atoms with van der Waals surface area (Å²) in [5, 5.41) is 1.14. The Balaban J connectivity index is 2.06. The van der Waals surface area contributed by atoms with E-state index in [0.29, 0.717) is 36.3 Å². The SMILES string of the molecule is CCOCC1(Cc2ccc(Cl)c(Cl)c2)CCN(C(=O)OC(C)(C)C)CC1. The van der Waals surface area contributed by atoms with Crippen LogP contribution in [-0.4, -0.2) is 42.9 Å². The summed E-state index contributed by atoms with van der Waals surface area (Å²) < 4.78 is 11.3. The van der Waals surface area contributed by atoms with E-state index in [1.807, 2.05) is 45.9 Å². The number of ether oxygens (including phenoxy) is 2. The molecule has 0 N–H and O–H groups in total. The summed E-state index contributed by atoms with van der Waals surface area (Å²) in [6.07, 6.45) is 2.35. The monoisotopic (exact) mass is 401 g/mol. The summed E-state index contributed by atoms with van der Waals surface area (Å²) in [6, 6.07) is 5.78. The Morgan fingerprint density at radius 1 is 1.19 bits per heavy atom. The second-order valence-corrected chi connectivity index (χ2v) is 8.84. The van der Waals surface area contributed by atoms with Gasteiger partial charge in [0.2, 0.25) is 0 Å².